The molecule has 2 aromatic carbocycles. The Morgan fingerprint density at radius 2 is 1.88 bits per heavy atom. The van der Waals surface area contributed by atoms with Crippen LogP contribution < -0.4 is 0 Å². The summed E-state index contributed by atoms with van der Waals surface area (Å²) >= 11 is 0. The molecule has 4 aromatic rings. The minimum atomic E-state index is -0.977. The number of carbonyl (C=O) groups is 1. The zero-order valence-electron chi connectivity index (χ0n) is 19.3. The molecule has 1 saturated carbocycles. The SMILES string of the molecule is CC(C)c1c(C2CCC(C)(C(=O)O)CC2)c2c(F)c3[nH]ncc3cc2n1-c1ccc(F)c(F)c1. The van der Waals surface area contributed by atoms with Gasteiger partial charge in [0.2, 0.25) is 0 Å². The molecule has 0 atom stereocenters. The van der Waals surface area contributed by atoms with E-state index in [1.54, 1.807) is 6.92 Å². The molecule has 34 heavy (non-hydrogen) atoms. The fraction of sp³-hybridized carbons (Fsp3) is 0.385. The van der Waals surface area contributed by atoms with Crippen LogP contribution in [0.4, 0.5) is 13.2 Å². The number of nitrogens with one attached hydrogen (secondary N) is 1. The van der Waals surface area contributed by atoms with Crippen molar-refractivity contribution in [1.29, 1.82) is 0 Å². The van der Waals surface area contributed by atoms with E-state index >= 15 is 4.39 Å². The highest BCUT2D eigenvalue weighted by molar-refractivity contribution is 5.99. The van der Waals surface area contributed by atoms with Gasteiger partial charge in [-0.05, 0) is 68.2 Å². The first-order chi connectivity index (χ1) is 16.1. The third-order valence-corrected chi connectivity index (χ3v) is 7.41. The van der Waals surface area contributed by atoms with Crippen molar-refractivity contribution in [2.75, 3.05) is 0 Å². The Morgan fingerprint density at radius 1 is 1.18 bits per heavy atom. The maximum atomic E-state index is 16.0. The lowest BCUT2D eigenvalue weighted by molar-refractivity contribution is -0.149. The average Bonchev–Trinajstić information content (AvgIpc) is 3.39. The van der Waals surface area contributed by atoms with Gasteiger partial charge in [-0.3, -0.25) is 9.89 Å². The van der Waals surface area contributed by atoms with E-state index in [-0.39, 0.29) is 17.4 Å². The van der Waals surface area contributed by atoms with E-state index in [9.17, 15) is 18.7 Å². The molecular weight excluding hydrogens is 443 g/mol. The van der Waals surface area contributed by atoms with Gasteiger partial charge in [-0.15, -0.1) is 0 Å². The number of hydrogen-bond acceptors (Lipinski definition) is 2. The van der Waals surface area contributed by atoms with Gasteiger partial charge in [0.15, 0.2) is 17.5 Å². The second-order valence-corrected chi connectivity index (χ2v) is 9.95. The van der Waals surface area contributed by atoms with Crippen molar-refractivity contribution in [1.82, 2.24) is 14.8 Å². The molecule has 0 radical (unpaired) electrons. The lowest BCUT2D eigenvalue weighted by Gasteiger charge is -2.34. The predicted octanol–water partition coefficient (Wildman–Crippen LogP) is 6.80. The van der Waals surface area contributed by atoms with Gasteiger partial charge in [0.25, 0.3) is 0 Å². The number of rotatable bonds is 4. The van der Waals surface area contributed by atoms with Gasteiger partial charge in [-0.25, -0.2) is 13.2 Å². The Bertz CT molecular complexity index is 1430. The normalized spacial score (nSPS) is 21.1. The highest BCUT2D eigenvalue weighted by Crippen LogP contribution is 2.49. The largest absolute Gasteiger partial charge is 0.481 e. The molecule has 0 amide bonds. The van der Waals surface area contributed by atoms with Crippen LogP contribution in [0.15, 0.2) is 30.5 Å². The molecule has 8 heteroatoms. The van der Waals surface area contributed by atoms with Gasteiger partial charge in [0.05, 0.1) is 17.1 Å². The molecule has 1 fully saturated rings. The van der Waals surface area contributed by atoms with Crippen LogP contribution in [0.25, 0.3) is 27.5 Å². The standard InChI is InChI=1S/C26H26F3N3O2/c1-13(2)24-20(14-6-8-26(3,9-7-14)25(33)34)21-19(10-15-12-30-31-23(15)22(21)29)32(24)16-4-5-17(27)18(28)11-16/h4-5,10-14H,6-9H2,1-3H3,(H,30,31)(H,33,34). The Labute approximate surface area is 194 Å². The van der Waals surface area contributed by atoms with Gasteiger partial charge in [-0.2, -0.15) is 5.10 Å². The number of fused-ring (bicyclic) bond motifs is 2. The van der Waals surface area contributed by atoms with Crippen molar-refractivity contribution in [2.24, 2.45) is 5.41 Å². The molecule has 0 unspecified atom stereocenters. The first kappa shape index (κ1) is 22.5. The average molecular weight is 470 g/mol. The summed E-state index contributed by atoms with van der Waals surface area (Å²) in [5.74, 6) is -3.29. The van der Waals surface area contributed by atoms with E-state index in [4.69, 9.17) is 0 Å². The molecular formula is C26H26F3N3O2. The Hall–Kier alpha value is -3.29. The number of nitrogens with zero attached hydrogens (tertiary/aromatic N) is 2. The number of carboxylic acid groups (broad SMARTS) is 1. The van der Waals surface area contributed by atoms with Crippen LogP contribution in [0.5, 0.6) is 0 Å². The van der Waals surface area contributed by atoms with Crippen LogP contribution in [-0.2, 0) is 4.79 Å². The van der Waals surface area contributed by atoms with Gasteiger partial charge >= 0.3 is 5.97 Å². The number of aromatic nitrogens is 3. The fourth-order valence-corrected chi connectivity index (χ4v) is 5.49. The molecule has 2 heterocycles. The van der Waals surface area contributed by atoms with E-state index < -0.39 is 28.8 Å². The van der Waals surface area contributed by atoms with Crippen LogP contribution >= 0.6 is 0 Å². The number of H-pyrrole nitrogens is 1. The van der Waals surface area contributed by atoms with Crippen molar-refractivity contribution >= 4 is 27.8 Å². The maximum absolute atomic E-state index is 16.0. The summed E-state index contributed by atoms with van der Waals surface area (Å²) in [6.07, 6.45) is 3.69. The van der Waals surface area contributed by atoms with Crippen LogP contribution in [0.1, 0.15) is 69.5 Å². The van der Waals surface area contributed by atoms with Gasteiger partial charge < -0.3 is 9.67 Å². The Balaban J connectivity index is 1.82. The van der Waals surface area contributed by atoms with Crippen molar-refractivity contribution in [3.63, 3.8) is 0 Å². The van der Waals surface area contributed by atoms with Crippen molar-refractivity contribution in [2.45, 2.75) is 58.3 Å². The first-order valence-corrected chi connectivity index (χ1v) is 11.5. The van der Waals surface area contributed by atoms with Crippen molar-refractivity contribution in [3.05, 3.63) is 59.2 Å². The highest BCUT2D eigenvalue weighted by atomic mass is 19.2. The summed E-state index contributed by atoms with van der Waals surface area (Å²) in [7, 11) is 0. The second-order valence-electron chi connectivity index (χ2n) is 9.95. The Morgan fingerprint density at radius 3 is 2.50 bits per heavy atom. The van der Waals surface area contributed by atoms with Crippen LogP contribution in [0, 0.1) is 22.9 Å². The van der Waals surface area contributed by atoms with E-state index in [0.717, 1.165) is 23.4 Å². The molecule has 178 valence electrons. The van der Waals surface area contributed by atoms with Gasteiger partial charge in [-0.1, -0.05) is 13.8 Å². The minimum Gasteiger partial charge on any atom is -0.481 e. The Kier molecular flexibility index (Phi) is 5.22. The third kappa shape index (κ3) is 3.30. The number of hydrogen-bond donors (Lipinski definition) is 2. The molecule has 2 N–H and O–H groups in total. The minimum absolute atomic E-state index is 0.0563. The number of aliphatic carboxylic acids is 1. The maximum Gasteiger partial charge on any atom is 0.309 e. The summed E-state index contributed by atoms with van der Waals surface area (Å²) in [4.78, 5) is 11.8. The zero-order valence-corrected chi connectivity index (χ0v) is 19.3. The smallest absolute Gasteiger partial charge is 0.309 e. The molecule has 5 rings (SSSR count). The lowest BCUT2D eigenvalue weighted by atomic mass is 9.69. The summed E-state index contributed by atoms with van der Waals surface area (Å²) in [6.45, 7) is 5.74. The van der Waals surface area contributed by atoms with Crippen LogP contribution in [0.2, 0.25) is 0 Å². The van der Waals surface area contributed by atoms with E-state index in [1.807, 2.05) is 24.5 Å². The fourth-order valence-electron chi connectivity index (χ4n) is 5.49. The van der Waals surface area contributed by atoms with E-state index in [1.165, 1.54) is 12.3 Å². The van der Waals surface area contributed by atoms with Crippen molar-refractivity contribution < 1.29 is 23.1 Å². The topological polar surface area (TPSA) is 70.9 Å². The van der Waals surface area contributed by atoms with Gasteiger partial charge in [0.1, 0.15) is 5.52 Å². The van der Waals surface area contributed by atoms with E-state index in [2.05, 4.69) is 10.2 Å². The molecule has 2 aromatic heterocycles. The summed E-state index contributed by atoms with van der Waals surface area (Å²) < 4.78 is 45.8. The zero-order chi connectivity index (χ0) is 24.4. The molecule has 0 bridgehead atoms. The second kappa shape index (κ2) is 7.89. The highest BCUT2D eigenvalue weighted by Gasteiger charge is 2.40. The van der Waals surface area contributed by atoms with Crippen LogP contribution in [-0.4, -0.2) is 25.8 Å². The quantitative estimate of drug-likeness (QED) is 0.345. The summed E-state index contributed by atoms with van der Waals surface area (Å²) in [5.41, 5.74) is 2.09. The lowest BCUT2D eigenvalue weighted by Crippen LogP contribution is -2.32. The third-order valence-electron chi connectivity index (χ3n) is 7.41. The number of carboxylic acids is 1. The predicted molar refractivity (Wildman–Crippen MR) is 124 cm³/mol. The molecule has 5 nitrogen and oxygen atoms in total. The molecule has 1 aliphatic carbocycles. The first-order valence-electron chi connectivity index (χ1n) is 11.5. The number of benzene rings is 2. The molecule has 0 spiro atoms. The molecule has 0 aliphatic heterocycles. The van der Waals surface area contributed by atoms with Crippen molar-refractivity contribution in [3.8, 4) is 5.69 Å². The monoisotopic (exact) mass is 469 g/mol. The number of aromatic amines is 1. The van der Waals surface area contributed by atoms with Gasteiger partial charge in [0, 0.05) is 28.2 Å². The summed E-state index contributed by atoms with van der Waals surface area (Å²) in [5, 5.41) is 17.4. The summed E-state index contributed by atoms with van der Waals surface area (Å²) in [6, 6.07) is 5.52. The molecule has 1 aliphatic rings. The molecule has 0 saturated heterocycles. The number of halogens is 3. The van der Waals surface area contributed by atoms with Crippen LogP contribution in [0.3, 0.4) is 0 Å². The van der Waals surface area contributed by atoms with E-state index in [0.29, 0.717) is 47.7 Å².